The summed E-state index contributed by atoms with van der Waals surface area (Å²) in [5.74, 6) is -5.81. The minimum absolute atomic E-state index is 0.0590. The number of halogens is 5. The Bertz CT molecular complexity index is 1100. The first-order valence-corrected chi connectivity index (χ1v) is 8.96. The predicted molar refractivity (Wildman–Crippen MR) is 96.1 cm³/mol. The molecular weight excluding hydrogens is 411 g/mol. The van der Waals surface area contributed by atoms with Crippen molar-refractivity contribution in [1.82, 2.24) is 29.3 Å². The molecule has 7 nitrogen and oxygen atoms in total. The summed E-state index contributed by atoms with van der Waals surface area (Å²) >= 11 is 0. The third-order valence-corrected chi connectivity index (χ3v) is 4.71. The molecule has 0 aromatic carbocycles. The van der Waals surface area contributed by atoms with E-state index in [-0.39, 0.29) is 23.6 Å². The van der Waals surface area contributed by atoms with Gasteiger partial charge in [-0.25, -0.2) is 9.50 Å². The topological polar surface area (TPSA) is 68.3 Å². The zero-order valence-corrected chi connectivity index (χ0v) is 16.6. The summed E-state index contributed by atoms with van der Waals surface area (Å²) < 4.78 is 68.8. The van der Waals surface area contributed by atoms with E-state index in [0.29, 0.717) is 17.1 Å². The zero-order valence-electron chi connectivity index (χ0n) is 16.6. The highest BCUT2D eigenvalue weighted by atomic mass is 19.4. The summed E-state index contributed by atoms with van der Waals surface area (Å²) in [6, 6.07) is 1.69. The highest BCUT2D eigenvalue weighted by molar-refractivity contribution is 5.93. The molecule has 0 fully saturated rings. The standard InChI is InChI=1S/C18H19F5N6O/c1-5-28-11(3)12(8-24-28)9-27(4)16(30)13-7-15-25-10(2)6-14(29(15)26-13)17(19,20)18(21,22)23/h6-8H,5,9H2,1-4H3. The second-order valence-electron chi connectivity index (χ2n) is 6.89. The lowest BCUT2D eigenvalue weighted by molar-refractivity contribution is -0.291. The van der Waals surface area contributed by atoms with Crippen molar-refractivity contribution in [2.24, 2.45) is 0 Å². The Hall–Kier alpha value is -3.05. The molecule has 0 N–H and O–H groups in total. The number of rotatable bonds is 5. The zero-order chi connectivity index (χ0) is 22.4. The van der Waals surface area contributed by atoms with E-state index in [2.05, 4.69) is 15.2 Å². The van der Waals surface area contributed by atoms with Crippen LogP contribution in [-0.4, -0.2) is 48.4 Å². The first-order chi connectivity index (χ1) is 13.9. The van der Waals surface area contributed by atoms with Gasteiger partial charge in [0.2, 0.25) is 0 Å². The van der Waals surface area contributed by atoms with Crippen LogP contribution in [-0.2, 0) is 19.0 Å². The fourth-order valence-corrected chi connectivity index (χ4v) is 3.06. The van der Waals surface area contributed by atoms with E-state index in [1.54, 1.807) is 10.9 Å². The Balaban J connectivity index is 1.98. The Labute approximate surface area is 168 Å². The minimum atomic E-state index is -5.82. The van der Waals surface area contributed by atoms with Crippen LogP contribution in [0.3, 0.4) is 0 Å². The monoisotopic (exact) mass is 430 g/mol. The Morgan fingerprint density at radius 3 is 2.40 bits per heavy atom. The van der Waals surface area contributed by atoms with Crippen molar-refractivity contribution in [3.63, 3.8) is 0 Å². The van der Waals surface area contributed by atoms with Gasteiger partial charge in [0.25, 0.3) is 5.91 Å². The molecule has 1 amide bonds. The number of carbonyl (C=O) groups excluding carboxylic acids is 1. The van der Waals surface area contributed by atoms with Gasteiger partial charge in [0, 0.05) is 43.2 Å². The maximum Gasteiger partial charge on any atom is 0.459 e. The minimum Gasteiger partial charge on any atom is -0.336 e. The number of fused-ring (bicyclic) bond motifs is 1. The normalized spacial score (nSPS) is 12.6. The van der Waals surface area contributed by atoms with E-state index in [0.717, 1.165) is 17.3 Å². The smallest absolute Gasteiger partial charge is 0.336 e. The van der Waals surface area contributed by atoms with Crippen molar-refractivity contribution in [2.45, 2.75) is 46.0 Å². The molecule has 0 aliphatic carbocycles. The molecule has 30 heavy (non-hydrogen) atoms. The van der Waals surface area contributed by atoms with E-state index < -0.39 is 23.7 Å². The van der Waals surface area contributed by atoms with Crippen molar-refractivity contribution in [3.05, 3.63) is 46.7 Å². The maximum absolute atomic E-state index is 14.0. The number of hydrogen-bond donors (Lipinski definition) is 0. The second kappa shape index (κ2) is 7.33. The lowest BCUT2D eigenvalue weighted by Crippen LogP contribution is -2.36. The molecule has 0 atom stereocenters. The molecule has 12 heteroatoms. The van der Waals surface area contributed by atoms with Crippen LogP contribution in [0.5, 0.6) is 0 Å². The van der Waals surface area contributed by atoms with Gasteiger partial charge in [0.1, 0.15) is 5.69 Å². The number of hydrogen-bond acceptors (Lipinski definition) is 4. The summed E-state index contributed by atoms with van der Waals surface area (Å²) in [5.41, 5.74) is -0.405. The summed E-state index contributed by atoms with van der Waals surface area (Å²) in [4.78, 5) is 17.9. The fraction of sp³-hybridized carbons (Fsp3) is 0.444. The lowest BCUT2D eigenvalue weighted by Gasteiger charge is -2.20. The van der Waals surface area contributed by atoms with E-state index in [1.807, 2.05) is 13.8 Å². The van der Waals surface area contributed by atoms with Gasteiger partial charge in [-0.15, -0.1) is 0 Å². The van der Waals surface area contributed by atoms with Crippen molar-refractivity contribution < 1.29 is 26.7 Å². The van der Waals surface area contributed by atoms with Crippen LogP contribution >= 0.6 is 0 Å². The highest BCUT2D eigenvalue weighted by Gasteiger charge is 2.60. The molecule has 3 heterocycles. The average molecular weight is 430 g/mol. The molecular formula is C18H19F5N6O. The fourth-order valence-electron chi connectivity index (χ4n) is 3.06. The number of carbonyl (C=O) groups is 1. The van der Waals surface area contributed by atoms with E-state index in [4.69, 9.17) is 0 Å². The van der Waals surface area contributed by atoms with Crippen LogP contribution < -0.4 is 0 Å². The van der Waals surface area contributed by atoms with Gasteiger partial charge >= 0.3 is 12.1 Å². The molecule has 0 spiro atoms. The summed E-state index contributed by atoms with van der Waals surface area (Å²) in [6.07, 6.45) is -4.21. The molecule has 3 aromatic heterocycles. The molecule has 0 radical (unpaired) electrons. The van der Waals surface area contributed by atoms with E-state index in [9.17, 15) is 26.7 Å². The molecule has 0 aliphatic rings. The average Bonchev–Trinajstić information content (AvgIpc) is 3.23. The van der Waals surface area contributed by atoms with Gasteiger partial charge in [-0.3, -0.25) is 9.48 Å². The van der Waals surface area contributed by atoms with Crippen LogP contribution in [0.15, 0.2) is 18.3 Å². The number of amides is 1. The number of aryl methyl sites for hydroxylation is 2. The largest absolute Gasteiger partial charge is 0.459 e. The van der Waals surface area contributed by atoms with Crippen LogP contribution in [0.4, 0.5) is 22.0 Å². The van der Waals surface area contributed by atoms with Crippen molar-refractivity contribution in [3.8, 4) is 0 Å². The van der Waals surface area contributed by atoms with Gasteiger partial charge in [-0.2, -0.15) is 32.1 Å². The third kappa shape index (κ3) is 3.61. The van der Waals surface area contributed by atoms with Gasteiger partial charge < -0.3 is 4.90 Å². The third-order valence-electron chi connectivity index (χ3n) is 4.71. The molecule has 0 saturated heterocycles. The van der Waals surface area contributed by atoms with Gasteiger partial charge in [0.05, 0.1) is 6.20 Å². The second-order valence-corrected chi connectivity index (χ2v) is 6.89. The number of alkyl halides is 5. The van der Waals surface area contributed by atoms with E-state index in [1.165, 1.54) is 18.9 Å². The van der Waals surface area contributed by atoms with Crippen molar-refractivity contribution in [2.75, 3.05) is 7.05 Å². The van der Waals surface area contributed by atoms with Gasteiger partial charge in [-0.05, 0) is 26.8 Å². The summed E-state index contributed by atoms with van der Waals surface area (Å²) in [6.45, 7) is 5.85. The molecule has 0 unspecified atom stereocenters. The van der Waals surface area contributed by atoms with E-state index >= 15 is 0 Å². The van der Waals surface area contributed by atoms with Crippen LogP contribution in [0.2, 0.25) is 0 Å². The maximum atomic E-state index is 14.0. The van der Waals surface area contributed by atoms with Crippen molar-refractivity contribution in [1.29, 1.82) is 0 Å². The van der Waals surface area contributed by atoms with Crippen LogP contribution in [0.1, 0.15) is 40.1 Å². The Kier molecular flexibility index (Phi) is 5.29. The molecule has 162 valence electrons. The van der Waals surface area contributed by atoms with Gasteiger partial charge in [-0.1, -0.05) is 0 Å². The van der Waals surface area contributed by atoms with Crippen molar-refractivity contribution >= 4 is 11.6 Å². The highest BCUT2D eigenvalue weighted by Crippen LogP contribution is 2.43. The summed E-state index contributed by atoms with van der Waals surface area (Å²) in [7, 11) is 1.47. The number of nitrogens with zero attached hydrogens (tertiary/aromatic N) is 6. The summed E-state index contributed by atoms with van der Waals surface area (Å²) in [5, 5.41) is 7.89. The quantitative estimate of drug-likeness (QED) is 0.582. The SMILES string of the molecule is CCn1ncc(CN(C)C(=O)c2cc3nc(C)cc(C(F)(F)C(F)(F)F)n3n2)c1C. The first-order valence-electron chi connectivity index (χ1n) is 8.96. The molecule has 3 rings (SSSR count). The Morgan fingerprint density at radius 1 is 1.17 bits per heavy atom. The number of aromatic nitrogens is 5. The Morgan fingerprint density at radius 2 is 1.83 bits per heavy atom. The predicted octanol–water partition coefficient (Wildman–Crippen LogP) is 3.49. The first kappa shape index (κ1) is 21.7. The molecule has 0 bridgehead atoms. The lowest BCUT2D eigenvalue weighted by atomic mass is 10.2. The van der Waals surface area contributed by atoms with Gasteiger partial charge in [0.15, 0.2) is 11.3 Å². The molecule has 0 aliphatic heterocycles. The van der Waals surface area contributed by atoms with Crippen LogP contribution in [0.25, 0.3) is 5.65 Å². The molecule has 0 saturated carbocycles. The molecule has 3 aromatic rings. The van der Waals surface area contributed by atoms with Crippen LogP contribution in [0, 0.1) is 13.8 Å².